The van der Waals surface area contributed by atoms with E-state index in [9.17, 15) is 20.1 Å². The van der Waals surface area contributed by atoms with Crippen LogP contribution in [0.5, 0.6) is 0 Å². The van der Waals surface area contributed by atoms with Crippen molar-refractivity contribution in [3.8, 4) is 0 Å². The number of aryl methyl sites for hydroxylation is 1. The molecule has 6 nitrogen and oxygen atoms in total. The topological polar surface area (TPSA) is 118 Å². The number of benzene rings is 1. The number of hydrogen-bond donors (Lipinski definition) is 5. The third-order valence-electron chi connectivity index (χ3n) is 3.07. The second kappa shape index (κ2) is 7.47. The maximum Gasteiger partial charge on any atom is 0.192 e. The fourth-order valence-corrected chi connectivity index (χ4v) is 1.73. The van der Waals surface area contributed by atoms with Crippen molar-refractivity contribution in [2.45, 2.75) is 37.8 Å². The Balaban J connectivity index is 2.64. The van der Waals surface area contributed by atoms with Crippen LogP contribution < -0.4 is 0 Å². The number of carbonyl (C=O) groups excluding carboxylic acids is 1. The molecule has 0 bridgehead atoms. The highest BCUT2D eigenvalue weighted by atomic mass is 16.4. The number of ketones is 1. The Hall–Kier alpha value is -1.31. The fraction of sp³-hybridized carbons (Fsp3) is 0.500. The first-order chi connectivity index (χ1) is 9.36. The Bertz CT molecular complexity index is 430. The van der Waals surface area contributed by atoms with E-state index < -0.39 is 36.8 Å². The molecule has 0 fully saturated rings. The summed E-state index contributed by atoms with van der Waals surface area (Å²) < 4.78 is 0. The molecule has 0 spiro atoms. The molecule has 0 aliphatic rings. The lowest BCUT2D eigenvalue weighted by atomic mass is 9.97. The van der Waals surface area contributed by atoms with Crippen molar-refractivity contribution < 1.29 is 30.3 Å². The second-order valence-electron chi connectivity index (χ2n) is 4.79. The van der Waals surface area contributed by atoms with Crippen molar-refractivity contribution in [2.24, 2.45) is 0 Å². The molecular weight excluding hydrogens is 264 g/mol. The fourth-order valence-electron chi connectivity index (χ4n) is 1.73. The van der Waals surface area contributed by atoms with Crippen LogP contribution >= 0.6 is 0 Å². The van der Waals surface area contributed by atoms with Gasteiger partial charge in [0.1, 0.15) is 24.4 Å². The minimum absolute atomic E-state index is 0.00187. The summed E-state index contributed by atoms with van der Waals surface area (Å²) in [7, 11) is 0. The van der Waals surface area contributed by atoms with Gasteiger partial charge in [-0.2, -0.15) is 0 Å². The smallest absolute Gasteiger partial charge is 0.192 e. The van der Waals surface area contributed by atoms with E-state index >= 15 is 0 Å². The zero-order valence-corrected chi connectivity index (χ0v) is 11.2. The van der Waals surface area contributed by atoms with Gasteiger partial charge in [-0.15, -0.1) is 0 Å². The molecule has 6 heteroatoms. The van der Waals surface area contributed by atoms with E-state index in [0.717, 1.165) is 5.56 Å². The molecule has 5 N–H and O–H groups in total. The van der Waals surface area contributed by atoms with Gasteiger partial charge < -0.3 is 25.5 Å². The van der Waals surface area contributed by atoms with Crippen LogP contribution in [-0.2, 0) is 11.2 Å². The summed E-state index contributed by atoms with van der Waals surface area (Å²) >= 11 is 0. The maximum atomic E-state index is 11.7. The van der Waals surface area contributed by atoms with Crippen LogP contribution in [0.2, 0.25) is 0 Å². The van der Waals surface area contributed by atoms with Crippen LogP contribution in [-0.4, -0.2) is 62.3 Å². The normalized spacial score (nSPS) is 17.3. The van der Waals surface area contributed by atoms with Gasteiger partial charge in [0, 0.05) is 6.42 Å². The standard InChI is InChI=1S/C14H20O6/c1-8-2-4-9(5-3-8)6-10(16)12(18)14(20)13(19)11(17)7-15/h2-5,10-11,13-17,19-20H,6-7H2,1H3/t10?,11-,13+,14+/m1/s1. The van der Waals surface area contributed by atoms with Gasteiger partial charge in [-0.3, -0.25) is 4.79 Å². The van der Waals surface area contributed by atoms with Gasteiger partial charge in [0.25, 0.3) is 0 Å². The Morgan fingerprint density at radius 3 is 2.15 bits per heavy atom. The van der Waals surface area contributed by atoms with Crippen molar-refractivity contribution in [1.29, 1.82) is 0 Å². The molecule has 20 heavy (non-hydrogen) atoms. The highest BCUT2D eigenvalue weighted by Gasteiger charge is 2.33. The van der Waals surface area contributed by atoms with Crippen LogP contribution in [0.4, 0.5) is 0 Å². The van der Waals surface area contributed by atoms with Gasteiger partial charge in [-0.1, -0.05) is 29.8 Å². The average molecular weight is 284 g/mol. The minimum Gasteiger partial charge on any atom is -0.394 e. The molecule has 0 amide bonds. The zero-order chi connectivity index (χ0) is 15.3. The Morgan fingerprint density at radius 2 is 1.65 bits per heavy atom. The summed E-state index contributed by atoms with van der Waals surface area (Å²) in [5, 5.41) is 46.5. The molecular formula is C14H20O6. The van der Waals surface area contributed by atoms with Crippen molar-refractivity contribution in [3.63, 3.8) is 0 Å². The molecule has 4 atom stereocenters. The van der Waals surface area contributed by atoms with Crippen molar-refractivity contribution in [3.05, 3.63) is 35.4 Å². The monoisotopic (exact) mass is 284 g/mol. The number of Topliss-reactive ketones (excluding diaryl/α,β-unsaturated/α-hetero) is 1. The van der Waals surface area contributed by atoms with Gasteiger partial charge in [0.15, 0.2) is 5.78 Å². The molecule has 112 valence electrons. The molecule has 0 aliphatic carbocycles. The van der Waals surface area contributed by atoms with Crippen LogP contribution in [0.3, 0.4) is 0 Å². The summed E-state index contributed by atoms with van der Waals surface area (Å²) in [6.07, 6.45) is -6.91. The van der Waals surface area contributed by atoms with Gasteiger partial charge in [0.2, 0.25) is 0 Å². The Morgan fingerprint density at radius 1 is 1.10 bits per heavy atom. The maximum absolute atomic E-state index is 11.7. The lowest BCUT2D eigenvalue weighted by Gasteiger charge is -2.22. The van der Waals surface area contributed by atoms with Crippen molar-refractivity contribution in [1.82, 2.24) is 0 Å². The number of aliphatic hydroxyl groups excluding tert-OH is 5. The first-order valence-corrected chi connectivity index (χ1v) is 6.29. The van der Waals surface area contributed by atoms with E-state index in [0.29, 0.717) is 5.56 Å². The molecule has 0 aromatic heterocycles. The summed E-state index contributed by atoms with van der Waals surface area (Å²) in [4.78, 5) is 11.7. The van der Waals surface area contributed by atoms with E-state index in [-0.39, 0.29) is 6.42 Å². The SMILES string of the molecule is Cc1ccc(CC(O)C(=O)[C@H](O)[C@@H](O)[C@H](O)CO)cc1. The molecule has 1 aromatic carbocycles. The summed E-state index contributed by atoms with van der Waals surface area (Å²) in [5.74, 6) is -0.995. The lowest BCUT2D eigenvalue weighted by Crippen LogP contribution is -2.47. The summed E-state index contributed by atoms with van der Waals surface area (Å²) in [6, 6.07) is 7.15. The van der Waals surface area contributed by atoms with Gasteiger partial charge >= 0.3 is 0 Å². The van der Waals surface area contributed by atoms with Crippen LogP contribution in [0.1, 0.15) is 11.1 Å². The van der Waals surface area contributed by atoms with Crippen LogP contribution in [0, 0.1) is 6.92 Å². The van der Waals surface area contributed by atoms with Crippen molar-refractivity contribution >= 4 is 5.78 Å². The molecule has 0 heterocycles. The molecule has 0 aliphatic heterocycles. The first-order valence-electron chi connectivity index (χ1n) is 6.29. The molecule has 0 radical (unpaired) electrons. The van der Waals surface area contributed by atoms with E-state index in [1.807, 2.05) is 19.1 Å². The first kappa shape index (κ1) is 16.7. The summed E-state index contributed by atoms with van der Waals surface area (Å²) in [6.45, 7) is 1.11. The van der Waals surface area contributed by atoms with E-state index in [4.69, 9.17) is 10.2 Å². The molecule has 1 aromatic rings. The highest BCUT2D eigenvalue weighted by Crippen LogP contribution is 2.10. The summed E-state index contributed by atoms with van der Waals surface area (Å²) in [5.41, 5.74) is 1.75. The van der Waals surface area contributed by atoms with E-state index in [2.05, 4.69) is 0 Å². The van der Waals surface area contributed by atoms with Crippen molar-refractivity contribution in [2.75, 3.05) is 6.61 Å². The minimum atomic E-state index is -1.95. The number of carbonyl (C=O) groups is 1. The lowest BCUT2D eigenvalue weighted by molar-refractivity contribution is -0.148. The highest BCUT2D eigenvalue weighted by molar-refractivity contribution is 5.87. The predicted octanol–water partition coefficient (Wildman–Crippen LogP) is -1.46. The van der Waals surface area contributed by atoms with E-state index in [1.165, 1.54) is 0 Å². The molecule has 0 saturated heterocycles. The quantitative estimate of drug-likeness (QED) is 0.418. The van der Waals surface area contributed by atoms with Gasteiger partial charge in [-0.25, -0.2) is 0 Å². The third-order valence-corrected chi connectivity index (χ3v) is 3.07. The third kappa shape index (κ3) is 4.36. The average Bonchev–Trinajstić information content (AvgIpc) is 2.46. The zero-order valence-electron chi connectivity index (χ0n) is 11.2. The molecule has 0 saturated carbocycles. The van der Waals surface area contributed by atoms with Crippen LogP contribution in [0.25, 0.3) is 0 Å². The predicted molar refractivity (Wildman–Crippen MR) is 71.0 cm³/mol. The van der Waals surface area contributed by atoms with E-state index in [1.54, 1.807) is 12.1 Å². The number of aliphatic hydroxyl groups is 5. The van der Waals surface area contributed by atoms with Gasteiger partial charge in [0.05, 0.1) is 6.61 Å². The van der Waals surface area contributed by atoms with Crippen LogP contribution in [0.15, 0.2) is 24.3 Å². The molecule has 1 rings (SSSR count). The Kier molecular flexibility index (Phi) is 6.25. The Labute approximate surface area is 116 Å². The largest absolute Gasteiger partial charge is 0.394 e. The number of rotatable bonds is 7. The second-order valence-corrected chi connectivity index (χ2v) is 4.79. The number of hydrogen-bond acceptors (Lipinski definition) is 6. The molecule has 1 unspecified atom stereocenters. The van der Waals surface area contributed by atoms with Gasteiger partial charge in [-0.05, 0) is 12.5 Å².